The number of aryl methyl sites for hydroxylation is 1. The number of rotatable bonds is 6. The van der Waals surface area contributed by atoms with E-state index < -0.39 is 10.0 Å². The fourth-order valence-electron chi connectivity index (χ4n) is 2.89. The number of benzene rings is 1. The first-order valence-corrected chi connectivity index (χ1v) is 10.0. The molecule has 2 aromatic rings. The van der Waals surface area contributed by atoms with Crippen LogP contribution in [0.5, 0.6) is 0 Å². The van der Waals surface area contributed by atoms with E-state index in [-0.39, 0.29) is 17.3 Å². The van der Waals surface area contributed by atoms with Crippen LogP contribution in [0.2, 0.25) is 0 Å². The molecular weight excluding hydrogens is 354 g/mol. The summed E-state index contributed by atoms with van der Waals surface area (Å²) in [6.45, 7) is 3.01. The summed E-state index contributed by atoms with van der Waals surface area (Å²) in [5.41, 5.74) is 1.33. The van der Waals surface area contributed by atoms with Crippen molar-refractivity contribution in [2.24, 2.45) is 7.05 Å². The van der Waals surface area contributed by atoms with Crippen molar-refractivity contribution in [3.05, 3.63) is 47.8 Å². The van der Waals surface area contributed by atoms with Gasteiger partial charge >= 0.3 is 0 Å². The zero-order valence-corrected chi connectivity index (χ0v) is 15.5. The van der Waals surface area contributed by atoms with Crippen LogP contribution in [0.25, 0.3) is 0 Å². The van der Waals surface area contributed by atoms with E-state index in [4.69, 9.17) is 0 Å². The number of hydrogen-bond donors (Lipinski definition) is 2. The van der Waals surface area contributed by atoms with Crippen LogP contribution in [0, 0.1) is 0 Å². The predicted octanol–water partition coefficient (Wildman–Crippen LogP) is -0.0135. The highest BCUT2D eigenvalue weighted by molar-refractivity contribution is 7.89. The minimum absolute atomic E-state index is 0.100. The summed E-state index contributed by atoms with van der Waals surface area (Å²) >= 11 is 0. The maximum Gasteiger partial charge on any atom is 0.253 e. The molecule has 0 aliphatic carbocycles. The molecule has 8 nitrogen and oxygen atoms in total. The molecule has 1 aliphatic heterocycles. The van der Waals surface area contributed by atoms with Crippen LogP contribution in [0.15, 0.2) is 41.4 Å². The van der Waals surface area contributed by atoms with Crippen LogP contribution < -0.4 is 10.0 Å². The van der Waals surface area contributed by atoms with Crippen molar-refractivity contribution in [3.63, 3.8) is 0 Å². The summed E-state index contributed by atoms with van der Waals surface area (Å²) in [6.07, 6.45) is 2.21. The van der Waals surface area contributed by atoms with Gasteiger partial charge in [-0.3, -0.25) is 9.48 Å². The highest BCUT2D eigenvalue weighted by atomic mass is 32.2. The molecule has 1 amide bonds. The summed E-state index contributed by atoms with van der Waals surface area (Å²) in [5.74, 6) is -0.140. The number of aromatic nitrogens is 2. The molecule has 3 rings (SSSR count). The van der Waals surface area contributed by atoms with Crippen molar-refractivity contribution in [2.45, 2.75) is 11.3 Å². The lowest BCUT2D eigenvalue weighted by Crippen LogP contribution is -2.46. The molecule has 1 fully saturated rings. The van der Waals surface area contributed by atoms with Crippen LogP contribution in [-0.4, -0.2) is 61.7 Å². The summed E-state index contributed by atoms with van der Waals surface area (Å²) in [6, 6.07) is 8.04. The second-order valence-electron chi connectivity index (χ2n) is 6.16. The summed E-state index contributed by atoms with van der Waals surface area (Å²) < 4.78 is 29.3. The molecule has 2 heterocycles. The van der Waals surface area contributed by atoms with Crippen molar-refractivity contribution in [1.29, 1.82) is 0 Å². The number of carbonyl (C=O) groups is 1. The Morgan fingerprint density at radius 3 is 2.73 bits per heavy atom. The van der Waals surface area contributed by atoms with Gasteiger partial charge < -0.3 is 10.2 Å². The average Bonchev–Trinajstić information content (AvgIpc) is 3.07. The van der Waals surface area contributed by atoms with Crippen molar-refractivity contribution >= 4 is 15.9 Å². The van der Waals surface area contributed by atoms with Crippen molar-refractivity contribution in [3.8, 4) is 0 Å². The van der Waals surface area contributed by atoms with E-state index in [1.807, 2.05) is 13.1 Å². The van der Waals surface area contributed by atoms with Crippen LogP contribution in [0.1, 0.15) is 16.1 Å². The van der Waals surface area contributed by atoms with Gasteiger partial charge in [0.15, 0.2) is 0 Å². The minimum Gasteiger partial charge on any atom is -0.336 e. The Morgan fingerprint density at radius 2 is 2.04 bits per heavy atom. The Kier molecular flexibility index (Phi) is 5.70. The number of carbonyl (C=O) groups excluding carboxylic acids is 1. The predicted molar refractivity (Wildman–Crippen MR) is 97.3 cm³/mol. The lowest BCUT2D eigenvalue weighted by atomic mass is 10.2. The van der Waals surface area contributed by atoms with Gasteiger partial charge in [0.05, 0.1) is 4.90 Å². The molecule has 1 aliphatic rings. The van der Waals surface area contributed by atoms with Gasteiger partial charge in [-0.05, 0) is 24.3 Å². The second-order valence-corrected chi connectivity index (χ2v) is 7.93. The third-order valence-corrected chi connectivity index (χ3v) is 5.85. The molecule has 26 heavy (non-hydrogen) atoms. The van der Waals surface area contributed by atoms with Crippen LogP contribution in [-0.2, 0) is 23.5 Å². The standard InChI is InChI=1S/C17H23N5O3S/c1-21-15(5-7-19-21)6-8-20-26(24,25)16-4-2-3-14(13-16)17(23)22-11-9-18-10-12-22/h2-5,7,13,18,20H,6,8-12H2,1H3. The molecule has 0 spiro atoms. The second kappa shape index (κ2) is 7.98. The van der Waals surface area contributed by atoms with E-state index in [9.17, 15) is 13.2 Å². The Morgan fingerprint density at radius 1 is 1.27 bits per heavy atom. The van der Waals surface area contributed by atoms with Gasteiger partial charge in [-0.1, -0.05) is 6.07 Å². The Labute approximate surface area is 153 Å². The van der Waals surface area contributed by atoms with E-state index in [2.05, 4.69) is 15.1 Å². The average molecular weight is 377 g/mol. The van der Waals surface area contributed by atoms with E-state index in [1.165, 1.54) is 12.1 Å². The van der Waals surface area contributed by atoms with Gasteiger partial charge in [-0.2, -0.15) is 5.10 Å². The zero-order chi connectivity index (χ0) is 18.6. The van der Waals surface area contributed by atoms with Gasteiger partial charge in [-0.15, -0.1) is 0 Å². The monoisotopic (exact) mass is 377 g/mol. The fraction of sp³-hybridized carbons (Fsp3) is 0.412. The van der Waals surface area contributed by atoms with Gasteiger partial charge in [0.1, 0.15) is 0 Å². The van der Waals surface area contributed by atoms with E-state index in [0.717, 1.165) is 18.8 Å². The molecule has 0 saturated carbocycles. The molecule has 2 N–H and O–H groups in total. The molecule has 0 unspecified atom stereocenters. The van der Waals surface area contributed by atoms with E-state index in [0.29, 0.717) is 25.1 Å². The molecule has 9 heteroatoms. The third-order valence-electron chi connectivity index (χ3n) is 4.39. The quantitative estimate of drug-likeness (QED) is 0.738. The first-order valence-electron chi connectivity index (χ1n) is 8.54. The first-order chi connectivity index (χ1) is 12.5. The van der Waals surface area contributed by atoms with E-state index >= 15 is 0 Å². The summed E-state index contributed by atoms with van der Waals surface area (Å²) in [4.78, 5) is 14.4. The van der Waals surface area contributed by atoms with Gasteiger partial charge in [-0.25, -0.2) is 13.1 Å². The number of sulfonamides is 1. The van der Waals surface area contributed by atoms with Crippen LogP contribution >= 0.6 is 0 Å². The van der Waals surface area contributed by atoms with Crippen LogP contribution in [0.3, 0.4) is 0 Å². The van der Waals surface area contributed by atoms with Gasteiger partial charge in [0.2, 0.25) is 10.0 Å². The van der Waals surface area contributed by atoms with Crippen LogP contribution in [0.4, 0.5) is 0 Å². The zero-order valence-electron chi connectivity index (χ0n) is 14.7. The number of hydrogen-bond acceptors (Lipinski definition) is 5. The smallest absolute Gasteiger partial charge is 0.253 e. The molecule has 0 bridgehead atoms. The topological polar surface area (TPSA) is 96.3 Å². The number of nitrogens with zero attached hydrogens (tertiary/aromatic N) is 3. The molecule has 1 saturated heterocycles. The highest BCUT2D eigenvalue weighted by Crippen LogP contribution is 2.14. The normalized spacial score (nSPS) is 15.2. The highest BCUT2D eigenvalue weighted by Gasteiger charge is 2.20. The maximum atomic E-state index is 12.6. The Hall–Kier alpha value is -2.23. The lowest BCUT2D eigenvalue weighted by Gasteiger charge is -2.27. The largest absolute Gasteiger partial charge is 0.336 e. The lowest BCUT2D eigenvalue weighted by molar-refractivity contribution is 0.0735. The molecule has 1 aromatic carbocycles. The number of piperazine rings is 1. The Balaban J connectivity index is 1.67. The van der Waals surface area contributed by atoms with Gasteiger partial charge in [0.25, 0.3) is 5.91 Å². The number of amides is 1. The molecular formula is C17H23N5O3S. The molecule has 140 valence electrons. The van der Waals surface area contributed by atoms with Crippen molar-refractivity contribution in [2.75, 3.05) is 32.7 Å². The third kappa shape index (κ3) is 4.29. The summed E-state index contributed by atoms with van der Waals surface area (Å²) in [5, 5.41) is 7.25. The number of nitrogens with one attached hydrogen (secondary N) is 2. The molecule has 0 radical (unpaired) electrons. The first kappa shape index (κ1) is 18.6. The van der Waals surface area contributed by atoms with Crippen molar-refractivity contribution < 1.29 is 13.2 Å². The SMILES string of the molecule is Cn1nccc1CCNS(=O)(=O)c1cccc(C(=O)N2CCNCC2)c1. The molecule has 1 aromatic heterocycles. The Bertz CT molecular complexity index is 872. The minimum atomic E-state index is -3.68. The summed E-state index contributed by atoms with van der Waals surface area (Å²) in [7, 11) is -1.86. The van der Waals surface area contributed by atoms with Gasteiger partial charge in [0, 0.05) is 63.6 Å². The van der Waals surface area contributed by atoms with Crippen molar-refractivity contribution in [1.82, 2.24) is 24.7 Å². The van der Waals surface area contributed by atoms with E-state index in [1.54, 1.807) is 27.9 Å². The maximum absolute atomic E-state index is 12.6. The molecule has 0 atom stereocenters. The fourth-order valence-corrected chi connectivity index (χ4v) is 3.97.